The molecule has 44 valence electrons. The van der Waals surface area contributed by atoms with Gasteiger partial charge in [0.1, 0.15) is 0 Å². The van der Waals surface area contributed by atoms with Crippen LogP contribution in [0.25, 0.3) is 0 Å². The largest absolute Gasteiger partial charge is 0.483 e. The van der Waals surface area contributed by atoms with Crippen molar-refractivity contribution in [1.82, 2.24) is 0 Å². The molecule has 0 spiro atoms. The first kappa shape index (κ1) is 16.8. The van der Waals surface area contributed by atoms with E-state index in [-0.39, 0.29) is 18.4 Å². The molecule has 0 aromatic heterocycles. The maximum absolute atomic E-state index is 8.36. The van der Waals surface area contributed by atoms with E-state index in [9.17, 15) is 0 Å². The second-order valence-electron chi connectivity index (χ2n) is 0.211. The average molecular weight is 110 g/mol. The summed E-state index contributed by atoms with van der Waals surface area (Å²) >= 11 is 0. The van der Waals surface area contributed by atoms with E-state index in [0.717, 1.165) is 0 Å². The van der Waals surface area contributed by atoms with Crippen molar-refractivity contribution in [2.75, 3.05) is 0 Å². The van der Waals surface area contributed by atoms with E-state index in [1.165, 1.54) is 0 Å². The summed E-state index contributed by atoms with van der Waals surface area (Å²) in [6.07, 6.45) is 0. The molecule has 0 atom stereocenters. The van der Waals surface area contributed by atoms with Gasteiger partial charge in [-0.1, -0.05) is 0 Å². The van der Waals surface area contributed by atoms with Gasteiger partial charge >= 0.3 is 0 Å². The number of carbonyl (C=O) groups is 2. The molecule has 7 heavy (non-hydrogen) atoms. The van der Waals surface area contributed by atoms with E-state index >= 15 is 0 Å². The van der Waals surface area contributed by atoms with Crippen LogP contribution in [-0.4, -0.2) is 28.6 Å². The minimum atomic E-state index is -0.250. The van der Waals surface area contributed by atoms with E-state index in [0.29, 0.717) is 0 Å². The molecular formula is C2H6O5. The van der Waals surface area contributed by atoms with Crippen LogP contribution in [0, 0.1) is 0 Å². The first-order valence-electron chi connectivity index (χ1n) is 0.988. The molecule has 0 heterocycles. The summed E-state index contributed by atoms with van der Waals surface area (Å²) in [6, 6.07) is 0. The van der Waals surface area contributed by atoms with E-state index in [4.69, 9.17) is 19.8 Å². The Morgan fingerprint density at radius 2 is 1.00 bits per heavy atom. The highest BCUT2D eigenvalue weighted by Crippen LogP contribution is 0.969. The maximum atomic E-state index is 8.36. The molecule has 0 amide bonds. The van der Waals surface area contributed by atoms with Gasteiger partial charge in [-0.05, 0) is 0 Å². The van der Waals surface area contributed by atoms with Crippen LogP contribution in [0.4, 0.5) is 0 Å². The fourth-order valence-electron chi connectivity index (χ4n) is 0. The van der Waals surface area contributed by atoms with Gasteiger partial charge in [0.15, 0.2) is 0 Å². The van der Waals surface area contributed by atoms with Crippen LogP contribution >= 0.6 is 0 Å². The lowest BCUT2D eigenvalue weighted by Gasteiger charge is -1.34. The summed E-state index contributed by atoms with van der Waals surface area (Å²) in [5.41, 5.74) is 0. The van der Waals surface area contributed by atoms with Crippen molar-refractivity contribution in [3.8, 4) is 0 Å². The lowest BCUT2D eigenvalue weighted by molar-refractivity contribution is -0.123. The minimum absolute atomic E-state index is 0. The lowest BCUT2D eigenvalue weighted by Crippen LogP contribution is -1.49. The molecule has 0 aliphatic carbocycles. The molecular weight excluding hydrogens is 104 g/mol. The standard InChI is InChI=1S/2CH2O2.H2O/c2*2-1-3;/h2*1H,(H,2,3);1H2. The summed E-state index contributed by atoms with van der Waals surface area (Å²) < 4.78 is 0. The van der Waals surface area contributed by atoms with Gasteiger partial charge in [-0.25, -0.2) is 0 Å². The predicted octanol–water partition coefficient (Wildman–Crippen LogP) is -1.42. The predicted molar refractivity (Wildman–Crippen MR) is 21.0 cm³/mol. The Labute approximate surface area is 39.5 Å². The number of rotatable bonds is 0. The molecule has 0 rings (SSSR count). The SMILES string of the molecule is O.O=CO.O=CO. The van der Waals surface area contributed by atoms with Crippen LogP contribution in [-0.2, 0) is 9.59 Å². The van der Waals surface area contributed by atoms with Crippen molar-refractivity contribution in [3.63, 3.8) is 0 Å². The summed E-state index contributed by atoms with van der Waals surface area (Å²) in [5.74, 6) is 0. The smallest absolute Gasteiger partial charge is 0.290 e. The van der Waals surface area contributed by atoms with Crippen molar-refractivity contribution in [3.05, 3.63) is 0 Å². The minimum Gasteiger partial charge on any atom is -0.483 e. The molecule has 0 aliphatic rings. The second-order valence-corrected chi connectivity index (χ2v) is 0.211. The van der Waals surface area contributed by atoms with E-state index in [1.807, 2.05) is 0 Å². The molecule has 0 aromatic rings. The van der Waals surface area contributed by atoms with Gasteiger partial charge in [-0.2, -0.15) is 0 Å². The molecule has 4 N–H and O–H groups in total. The molecule has 0 unspecified atom stereocenters. The molecule has 0 bridgehead atoms. The van der Waals surface area contributed by atoms with Gasteiger partial charge < -0.3 is 15.7 Å². The Kier molecular flexibility index (Phi) is 221. The fraction of sp³-hybridized carbons (Fsp3) is 0. The normalized spacial score (nSPS) is 3.43. The van der Waals surface area contributed by atoms with Crippen LogP contribution < -0.4 is 0 Å². The van der Waals surface area contributed by atoms with Gasteiger partial charge in [-0.15, -0.1) is 0 Å². The third-order valence-electron chi connectivity index (χ3n) is 0. The molecule has 5 nitrogen and oxygen atoms in total. The quantitative estimate of drug-likeness (QED) is 0.373. The van der Waals surface area contributed by atoms with Gasteiger partial charge in [0, 0.05) is 0 Å². The summed E-state index contributed by atoms with van der Waals surface area (Å²) in [7, 11) is 0. The average Bonchev–Trinajstić information content (AvgIpc) is 1.39. The maximum Gasteiger partial charge on any atom is 0.290 e. The monoisotopic (exact) mass is 110 g/mol. The van der Waals surface area contributed by atoms with Gasteiger partial charge in [0.2, 0.25) is 0 Å². The molecule has 0 saturated carbocycles. The van der Waals surface area contributed by atoms with Gasteiger partial charge in [-0.3, -0.25) is 9.59 Å². The highest BCUT2D eigenvalue weighted by atomic mass is 16.3. The van der Waals surface area contributed by atoms with Crippen LogP contribution in [0.3, 0.4) is 0 Å². The molecule has 5 heteroatoms. The Morgan fingerprint density at radius 1 is 1.00 bits per heavy atom. The summed E-state index contributed by atoms with van der Waals surface area (Å²) in [4.78, 5) is 16.7. The number of carboxylic acid groups (broad SMARTS) is 2. The van der Waals surface area contributed by atoms with Crippen molar-refractivity contribution >= 4 is 12.9 Å². The molecule has 0 aliphatic heterocycles. The highest BCUT2D eigenvalue weighted by Gasteiger charge is 1.22. The molecule has 0 fully saturated rings. The van der Waals surface area contributed by atoms with Crippen molar-refractivity contribution in [2.24, 2.45) is 0 Å². The lowest BCUT2D eigenvalue weighted by atomic mass is 11.7. The Hall–Kier alpha value is -1.10. The van der Waals surface area contributed by atoms with E-state index in [2.05, 4.69) is 0 Å². The third-order valence-corrected chi connectivity index (χ3v) is 0. The molecule has 0 radical (unpaired) electrons. The second kappa shape index (κ2) is 92.0. The Morgan fingerprint density at radius 3 is 1.00 bits per heavy atom. The van der Waals surface area contributed by atoms with Crippen molar-refractivity contribution < 1.29 is 25.3 Å². The summed E-state index contributed by atoms with van der Waals surface area (Å²) in [6.45, 7) is -0.500. The van der Waals surface area contributed by atoms with Crippen molar-refractivity contribution in [2.45, 2.75) is 0 Å². The number of hydrogen-bond donors (Lipinski definition) is 2. The zero-order valence-corrected chi connectivity index (χ0v) is 3.37. The molecule has 0 aromatic carbocycles. The van der Waals surface area contributed by atoms with E-state index in [1.54, 1.807) is 0 Å². The molecule has 0 saturated heterocycles. The highest BCUT2D eigenvalue weighted by molar-refractivity contribution is 5.32. The first-order valence-corrected chi connectivity index (χ1v) is 0.988. The summed E-state index contributed by atoms with van der Waals surface area (Å²) in [5, 5.41) is 13.8. The van der Waals surface area contributed by atoms with Gasteiger partial charge in [0.05, 0.1) is 0 Å². The van der Waals surface area contributed by atoms with Crippen LogP contribution in [0.2, 0.25) is 0 Å². The topological polar surface area (TPSA) is 106 Å². The number of hydrogen-bond acceptors (Lipinski definition) is 2. The van der Waals surface area contributed by atoms with Crippen LogP contribution in [0.5, 0.6) is 0 Å². The van der Waals surface area contributed by atoms with Gasteiger partial charge in [0.25, 0.3) is 12.9 Å². The fourth-order valence-corrected chi connectivity index (χ4v) is 0. The van der Waals surface area contributed by atoms with Crippen molar-refractivity contribution in [1.29, 1.82) is 0 Å². The Balaban J connectivity index is -0.0000000400. The van der Waals surface area contributed by atoms with Crippen LogP contribution in [0.1, 0.15) is 0 Å². The van der Waals surface area contributed by atoms with E-state index < -0.39 is 0 Å². The zero-order chi connectivity index (χ0) is 5.41. The Bertz CT molecular complexity index is 27.1. The third kappa shape index (κ3) is 34.1. The van der Waals surface area contributed by atoms with Crippen LogP contribution in [0.15, 0.2) is 0 Å². The first-order chi connectivity index (χ1) is 2.83. The zero-order valence-electron chi connectivity index (χ0n) is 3.37.